The molecule has 0 aliphatic carbocycles. The zero-order chi connectivity index (χ0) is 21.3. The molecule has 0 spiro atoms. The Hall–Kier alpha value is -2.58. The van der Waals surface area contributed by atoms with Crippen LogP contribution in [0.5, 0.6) is 11.5 Å². The van der Waals surface area contributed by atoms with Crippen molar-refractivity contribution < 1.29 is 19.0 Å². The summed E-state index contributed by atoms with van der Waals surface area (Å²) >= 11 is 0. The van der Waals surface area contributed by atoms with E-state index < -0.39 is 5.56 Å². The lowest BCUT2D eigenvalue weighted by Crippen LogP contribution is -2.42. The number of carbonyl (C=O) groups excluding carboxylic acids is 1. The molecule has 2 aromatic rings. The fraction of sp³-hybridized carbons (Fsp3) is 0.545. The van der Waals surface area contributed by atoms with Crippen LogP contribution in [0.25, 0.3) is 10.9 Å². The molecule has 0 unspecified atom stereocenters. The van der Waals surface area contributed by atoms with Crippen molar-refractivity contribution in [2.24, 2.45) is 0 Å². The molecule has 2 heterocycles. The highest BCUT2D eigenvalue weighted by atomic mass is 16.5. The number of fused-ring (bicyclic) bond motifs is 1. The molecule has 1 amide bonds. The Balaban J connectivity index is 1.71. The summed E-state index contributed by atoms with van der Waals surface area (Å²) < 4.78 is 16.6. The van der Waals surface area contributed by atoms with Crippen molar-refractivity contribution in [3.8, 4) is 11.5 Å². The maximum absolute atomic E-state index is 12.6. The van der Waals surface area contributed by atoms with Crippen LogP contribution in [0.3, 0.4) is 0 Å². The van der Waals surface area contributed by atoms with Crippen LogP contribution in [0.2, 0.25) is 0 Å². The zero-order valence-corrected chi connectivity index (χ0v) is 17.8. The van der Waals surface area contributed by atoms with Crippen molar-refractivity contribution in [3.05, 3.63) is 34.1 Å². The van der Waals surface area contributed by atoms with Crippen LogP contribution < -0.4 is 20.3 Å². The normalized spacial score (nSPS) is 14.6. The van der Waals surface area contributed by atoms with Gasteiger partial charge in [-0.2, -0.15) is 0 Å². The van der Waals surface area contributed by atoms with Crippen LogP contribution in [0.4, 0.5) is 0 Å². The summed E-state index contributed by atoms with van der Waals surface area (Å²) in [6.07, 6.45) is 3.17. The first-order valence-corrected chi connectivity index (χ1v) is 10.6. The van der Waals surface area contributed by atoms with Crippen LogP contribution in [-0.2, 0) is 4.74 Å². The summed E-state index contributed by atoms with van der Waals surface area (Å²) in [4.78, 5) is 30.0. The van der Waals surface area contributed by atoms with Gasteiger partial charge in [-0.25, -0.2) is 0 Å². The Morgan fingerprint density at radius 2 is 2.00 bits per heavy atom. The lowest BCUT2D eigenvalue weighted by molar-refractivity contribution is 0.0383. The van der Waals surface area contributed by atoms with Gasteiger partial charge in [-0.15, -0.1) is 0 Å². The van der Waals surface area contributed by atoms with Crippen LogP contribution >= 0.6 is 0 Å². The van der Waals surface area contributed by atoms with Crippen LogP contribution in [-0.4, -0.2) is 68.9 Å². The number of H-pyrrole nitrogens is 1. The lowest BCUT2D eigenvalue weighted by atomic mass is 10.1. The molecule has 0 radical (unpaired) electrons. The summed E-state index contributed by atoms with van der Waals surface area (Å²) in [7, 11) is 1.56. The number of unbranched alkanes of at least 4 members (excludes halogenated alkanes) is 2. The number of nitrogens with one attached hydrogen (secondary N) is 2. The number of rotatable bonds is 10. The number of carbonyl (C=O) groups is 1. The van der Waals surface area contributed by atoms with Gasteiger partial charge in [-0.05, 0) is 18.6 Å². The average Bonchev–Trinajstić information content (AvgIpc) is 2.76. The zero-order valence-electron chi connectivity index (χ0n) is 17.8. The summed E-state index contributed by atoms with van der Waals surface area (Å²) in [5.41, 5.74) is 0.263. The number of aromatic amines is 1. The fourth-order valence-corrected chi connectivity index (χ4v) is 3.44. The van der Waals surface area contributed by atoms with Crippen molar-refractivity contribution in [1.82, 2.24) is 15.2 Å². The van der Waals surface area contributed by atoms with Gasteiger partial charge in [-0.1, -0.05) is 19.8 Å². The van der Waals surface area contributed by atoms with Gasteiger partial charge >= 0.3 is 0 Å². The van der Waals surface area contributed by atoms with E-state index >= 15 is 0 Å². The van der Waals surface area contributed by atoms with E-state index in [0.29, 0.717) is 43.4 Å². The summed E-state index contributed by atoms with van der Waals surface area (Å²) in [6, 6.07) is 5.14. The molecule has 1 aliphatic heterocycles. The Labute approximate surface area is 176 Å². The molecule has 1 saturated heterocycles. The lowest BCUT2D eigenvalue weighted by Gasteiger charge is -2.26. The number of nitrogens with zero attached hydrogens (tertiary/aromatic N) is 1. The third-order valence-corrected chi connectivity index (χ3v) is 5.20. The highest BCUT2D eigenvalue weighted by Gasteiger charge is 2.15. The molecule has 8 heteroatoms. The number of pyridine rings is 1. The van der Waals surface area contributed by atoms with E-state index in [-0.39, 0.29) is 11.5 Å². The van der Waals surface area contributed by atoms with Gasteiger partial charge in [0.25, 0.3) is 11.5 Å². The van der Waals surface area contributed by atoms with Crippen LogP contribution in [0.15, 0.2) is 23.0 Å². The minimum atomic E-state index is -0.426. The Morgan fingerprint density at radius 1 is 1.20 bits per heavy atom. The van der Waals surface area contributed by atoms with Crippen molar-refractivity contribution >= 4 is 16.8 Å². The maximum atomic E-state index is 12.6. The third-order valence-electron chi connectivity index (χ3n) is 5.20. The van der Waals surface area contributed by atoms with Crippen LogP contribution in [0.1, 0.15) is 36.5 Å². The quantitative estimate of drug-likeness (QED) is 0.576. The monoisotopic (exact) mass is 417 g/mol. The Kier molecular flexibility index (Phi) is 8.10. The molecule has 3 rings (SSSR count). The molecular formula is C22H31N3O5. The van der Waals surface area contributed by atoms with E-state index in [0.717, 1.165) is 44.3 Å². The van der Waals surface area contributed by atoms with Crippen molar-refractivity contribution in [3.63, 3.8) is 0 Å². The van der Waals surface area contributed by atoms with Gasteiger partial charge in [0.2, 0.25) is 0 Å². The highest BCUT2D eigenvalue weighted by Crippen LogP contribution is 2.31. The SMILES string of the molecule is CCCCCOc1cc2cc(C(=O)NCCN3CCOCC3)c(=O)[nH]c2cc1OC. The number of ether oxygens (including phenoxy) is 3. The number of morpholine rings is 1. The highest BCUT2D eigenvalue weighted by molar-refractivity contribution is 5.97. The third kappa shape index (κ3) is 5.73. The molecular weight excluding hydrogens is 386 g/mol. The smallest absolute Gasteiger partial charge is 0.261 e. The predicted octanol–water partition coefficient (Wildman–Crippen LogP) is 2.17. The molecule has 30 heavy (non-hydrogen) atoms. The molecule has 0 atom stereocenters. The fourth-order valence-electron chi connectivity index (χ4n) is 3.44. The summed E-state index contributed by atoms with van der Waals surface area (Å²) in [5, 5.41) is 3.56. The van der Waals surface area contributed by atoms with Crippen molar-refractivity contribution in [1.29, 1.82) is 0 Å². The van der Waals surface area contributed by atoms with E-state index in [1.165, 1.54) is 0 Å². The molecule has 0 saturated carbocycles. The summed E-state index contributed by atoms with van der Waals surface area (Å²) in [5.74, 6) is 0.775. The first-order valence-electron chi connectivity index (χ1n) is 10.6. The van der Waals surface area contributed by atoms with Gasteiger partial charge in [0.05, 0.1) is 32.4 Å². The average molecular weight is 418 g/mol. The second-order valence-electron chi connectivity index (χ2n) is 7.37. The Bertz CT molecular complexity index is 906. The molecule has 1 aromatic carbocycles. The maximum Gasteiger partial charge on any atom is 0.261 e. The first-order chi connectivity index (χ1) is 14.6. The van der Waals surface area contributed by atoms with E-state index in [9.17, 15) is 9.59 Å². The second kappa shape index (κ2) is 11.0. The number of hydrogen-bond donors (Lipinski definition) is 2. The van der Waals surface area contributed by atoms with Gasteiger partial charge in [0.15, 0.2) is 11.5 Å². The van der Waals surface area contributed by atoms with Gasteiger partial charge in [0.1, 0.15) is 5.56 Å². The van der Waals surface area contributed by atoms with Gasteiger partial charge in [-0.3, -0.25) is 14.5 Å². The number of methoxy groups -OCH3 is 1. The number of amides is 1. The van der Waals surface area contributed by atoms with E-state index in [1.54, 1.807) is 25.3 Å². The minimum absolute atomic E-state index is 0.0894. The molecule has 2 N–H and O–H groups in total. The minimum Gasteiger partial charge on any atom is -0.493 e. The molecule has 164 valence electrons. The van der Waals surface area contributed by atoms with Crippen molar-refractivity contribution in [2.45, 2.75) is 26.2 Å². The predicted molar refractivity (Wildman–Crippen MR) is 116 cm³/mol. The molecule has 1 aromatic heterocycles. The number of aromatic nitrogens is 1. The van der Waals surface area contributed by atoms with E-state index in [2.05, 4.69) is 22.1 Å². The van der Waals surface area contributed by atoms with Crippen molar-refractivity contribution in [2.75, 3.05) is 53.1 Å². The molecule has 1 aliphatic rings. The Morgan fingerprint density at radius 3 is 2.73 bits per heavy atom. The molecule has 8 nitrogen and oxygen atoms in total. The van der Waals surface area contributed by atoms with E-state index in [1.807, 2.05) is 0 Å². The number of benzene rings is 1. The topological polar surface area (TPSA) is 92.9 Å². The van der Waals surface area contributed by atoms with Crippen LogP contribution in [0, 0.1) is 0 Å². The number of hydrogen-bond acceptors (Lipinski definition) is 6. The first kappa shape index (κ1) is 22.1. The largest absolute Gasteiger partial charge is 0.493 e. The standard InChI is InChI=1S/C22H31N3O5/c1-3-4-5-10-30-20-14-16-13-17(22(27)24-18(16)15-19(20)28-2)21(26)23-6-7-25-8-11-29-12-9-25/h13-15H,3-12H2,1-2H3,(H,23,26)(H,24,27). The molecule has 0 bridgehead atoms. The summed E-state index contributed by atoms with van der Waals surface area (Å²) in [6.45, 7) is 7.08. The molecule has 1 fully saturated rings. The van der Waals surface area contributed by atoms with Gasteiger partial charge in [0, 0.05) is 37.6 Å². The van der Waals surface area contributed by atoms with Gasteiger partial charge < -0.3 is 24.5 Å². The second-order valence-corrected chi connectivity index (χ2v) is 7.37. The van der Waals surface area contributed by atoms with E-state index in [4.69, 9.17) is 14.2 Å².